The Morgan fingerprint density at radius 3 is 1.94 bits per heavy atom. The molecule has 2 atom stereocenters. The van der Waals surface area contributed by atoms with Crippen molar-refractivity contribution in [3.8, 4) is 5.75 Å². The van der Waals surface area contributed by atoms with E-state index in [1.54, 1.807) is 24.3 Å². The molecule has 0 aromatic heterocycles. The highest BCUT2D eigenvalue weighted by molar-refractivity contribution is 6.39. The predicted octanol–water partition coefficient (Wildman–Crippen LogP) is 8.46. The van der Waals surface area contributed by atoms with Crippen molar-refractivity contribution in [3.63, 3.8) is 0 Å². The molecule has 7 nitrogen and oxygen atoms in total. The summed E-state index contributed by atoms with van der Waals surface area (Å²) in [5.74, 6) is -0.776. The number of halogens is 1. The lowest BCUT2D eigenvalue weighted by Gasteiger charge is -2.44. The summed E-state index contributed by atoms with van der Waals surface area (Å²) in [5, 5.41) is 3.06. The summed E-state index contributed by atoms with van der Waals surface area (Å²) >= 11 is 6.04. The maximum Gasteiger partial charge on any atom is 0.335 e. The fourth-order valence-electron chi connectivity index (χ4n) is 7.49. The van der Waals surface area contributed by atoms with E-state index in [1.165, 1.54) is 22.9 Å². The van der Waals surface area contributed by atoms with E-state index >= 15 is 0 Å². The number of carbonyl (C=O) groups excluding carboxylic acids is 3. The van der Waals surface area contributed by atoms with Crippen molar-refractivity contribution < 1.29 is 19.1 Å². The molecule has 248 valence electrons. The highest BCUT2D eigenvalue weighted by Gasteiger charge is 2.40. The lowest BCUT2D eigenvalue weighted by atomic mass is 9.76. The van der Waals surface area contributed by atoms with Gasteiger partial charge < -0.3 is 9.64 Å². The number of hydrogen-bond donors (Lipinski definition) is 1. The number of carbonyl (C=O) groups is 3. The Kier molecular flexibility index (Phi) is 8.43. The molecule has 0 bridgehead atoms. The zero-order valence-electron chi connectivity index (χ0n) is 27.2. The number of urea groups is 1. The third kappa shape index (κ3) is 5.94. The molecular weight excluding hydrogens is 646 g/mol. The third-order valence-corrected chi connectivity index (χ3v) is 10.1. The van der Waals surface area contributed by atoms with Gasteiger partial charge in [0.1, 0.15) is 17.9 Å². The largest absolute Gasteiger partial charge is 0.488 e. The third-order valence-electron chi connectivity index (χ3n) is 9.89. The van der Waals surface area contributed by atoms with Gasteiger partial charge in [0.2, 0.25) is 0 Å². The molecule has 5 aromatic carbocycles. The standard InChI is InChI=1S/C42H34ClN3O4/c43-31-17-15-27(16-18-31)26-50-38-14-8-7-13-30(38)23-37-40(47)44-42(49)46(41(37)48)32-24-35-33(28-9-3-1-4-10-28)19-21-45-22-20-34(36(25-32)39(35)45)29-11-5-2-6-12-29/h1-18,23-25,33-34H,19-22,26H2,(H,44,47,49)/b37-23+/t33-,34+. The van der Waals surface area contributed by atoms with Crippen molar-refractivity contribution in [2.24, 2.45) is 0 Å². The molecule has 5 aromatic rings. The first-order chi connectivity index (χ1) is 24.4. The number of nitrogens with one attached hydrogen (secondary N) is 1. The smallest absolute Gasteiger partial charge is 0.335 e. The number of hydrogen-bond acceptors (Lipinski definition) is 5. The van der Waals surface area contributed by atoms with E-state index in [9.17, 15) is 14.4 Å². The van der Waals surface area contributed by atoms with E-state index in [2.05, 4.69) is 34.5 Å². The lowest BCUT2D eigenvalue weighted by molar-refractivity contribution is -0.122. The summed E-state index contributed by atoms with van der Waals surface area (Å²) in [5.41, 5.74) is 7.47. The Hall–Kier alpha value is -5.66. The molecule has 8 rings (SSSR count). The maximum absolute atomic E-state index is 14.3. The van der Waals surface area contributed by atoms with E-state index in [4.69, 9.17) is 16.3 Å². The number of nitrogens with zero attached hydrogens (tertiary/aromatic N) is 2. The number of rotatable bonds is 7. The zero-order chi connectivity index (χ0) is 34.2. The number of anilines is 2. The Morgan fingerprint density at radius 1 is 0.740 bits per heavy atom. The molecule has 3 aliphatic rings. The van der Waals surface area contributed by atoms with Crippen LogP contribution >= 0.6 is 11.6 Å². The van der Waals surface area contributed by atoms with E-state index in [0.29, 0.717) is 22.0 Å². The van der Waals surface area contributed by atoms with Gasteiger partial charge in [-0.1, -0.05) is 103 Å². The van der Waals surface area contributed by atoms with Crippen LogP contribution < -0.4 is 19.9 Å². The number of para-hydroxylation sites is 1. The fraction of sp³-hybridized carbons (Fsp3) is 0.167. The van der Waals surface area contributed by atoms with Crippen molar-refractivity contribution in [1.29, 1.82) is 0 Å². The highest BCUT2D eigenvalue weighted by atomic mass is 35.5. The molecule has 1 saturated heterocycles. The Balaban J connectivity index is 1.20. The SMILES string of the molecule is O=C1NC(=O)N(c2cc3c4c(c2)[C@H](c2ccccc2)CCN4CC[C@@H]3c2ccccc2)C(=O)/C1=C/c1ccccc1OCc1ccc(Cl)cc1. The van der Waals surface area contributed by atoms with Crippen LogP contribution in [0, 0.1) is 0 Å². The molecule has 0 unspecified atom stereocenters. The summed E-state index contributed by atoms with van der Waals surface area (Å²) in [6.45, 7) is 2.11. The van der Waals surface area contributed by atoms with Crippen LogP contribution in [0.1, 0.15) is 58.1 Å². The van der Waals surface area contributed by atoms with E-state index in [0.717, 1.165) is 47.5 Å². The first kappa shape index (κ1) is 31.6. The van der Waals surface area contributed by atoms with Crippen LogP contribution in [0.2, 0.25) is 5.02 Å². The topological polar surface area (TPSA) is 79.0 Å². The molecule has 50 heavy (non-hydrogen) atoms. The van der Waals surface area contributed by atoms with E-state index in [-0.39, 0.29) is 24.0 Å². The second-order valence-corrected chi connectivity index (χ2v) is 13.3. The van der Waals surface area contributed by atoms with Crippen LogP contribution in [-0.4, -0.2) is 30.9 Å². The van der Waals surface area contributed by atoms with Crippen LogP contribution in [0.25, 0.3) is 6.08 Å². The van der Waals surface area contributed by atoms with Crippen LogP contribution in [0.3, 0.4) is 0 Å². The van der Waals surface area contributed by atoms with Crippen LogP contribution in [0.5, 0.6) is 5.75 Å². The highest BCUT2D eigenvalue weighted by Crippen LogP contribution is 2.50. The minimum absolute atomic E-state index is 0.0833. The first-order valence-electron chi connectivity index (χ1n) is 16.8. The van der Waals surface area contributed by atoms with E-state index < -0.39 is 17.8 Å². The average molecular weight is 680 g/mol. The molecule has 8 heteroatoms. The molecule has 0 spiro atoms. The second kappa shape index (κ2) is 13.3. The van der Waals surface area contributed by atoms with Crippen LogP contribution in [-0.2, 0) is 16.2 Å². The van der Waals surface area contributed by atoms with Gasteiger partial charge in [0.05, 0.1) is 5.69 Å². The van der Waals surface area contributed by atoms with Crippen molar-refractivity contribution >= 4 is 46.9 Å². The van der Waals surface area contributed by atoms with Gasteiger partial charge in [0.25, 0.3) is 11.8 Å². The zero-order valence-corrected chi connectivity index (χ0v) is 28.0. The molecule has 1 fully saturated rings. The predicted molar refractivity (Wildman–Crippen MR) is 196 cm³/mol. The lowest BCUT2D eigenvalue weighted by Crippen LogP contribution is -2.54. The Labute approximate surface area is 295 Å². The number of imide groups is 2. The normalized spacial score (nSPS) is 19.3. The van der Waals surface area contributed by atoms with Gasteiger partial charge in [-0.05, 0) is 77.1 Å². The maximum atomic E-state index is 14.3. The monoisotopic (exact) mass is 679 g/mol. The Bertz CT molecular complexity index is 2060. The summed E-state index contributed by atoms with van der Waals surface area (Å²) in [4.78, 5) is 44.8. The average Bonchev–Trinajstić information content (AvgIpc) is 3.14. The molecule has 4 amide bonds. The summed E-state index contributed by atoms with van der Waals surface area (Å²) < 4.78 is 6.11. The van der Waals surface area contributed by atoms with Gasteiger partial charge in [-0.2, -0.15) is 0 Å². The van der Waals surface area contributed by atoms with Crippen molar-refractivity contribution in [2.75, 3.05) is 22.9 Å². The summed E-state index contributed by atoms with van der Waals surface area (Å²) in [6, 6.07) is 38.5. The quantitative estimate of drug-likeness (QED) is 0.138. The fourth-order valence-corrected chi connectivity index (χ4v) is 7.62. The van der Waals surface area contributed by atoms with Crippen LogP contribution in [0.15, 0.2) is 127 Å². The van der Waals surface area contributed by atoms with Crippen molar-refractivity contribution in [3.05, 3.63) is 165 Å². The van der Waals surface area contributed by atoms with Gasteiger partial charge in [-0.3, -0.25) is 14.9 Å². The minimum Gasteiger partial charge on any atom is -0.488 e. The molecule has 3 aliphatic heterocycles. The van der Waals surface area contributed by atoms with Gasteiger partial charge in [0, 0.05) is 41.2 Å². The van der Waals surface area contributed by atoms with Gasteiger partial charge in [-0.15, -0.1) is 0 Å². The minimum atomic E-state index is -0.771. The first-order valence-corrected chi connectivity index (χ1v) is 17.2. The molecule has 0 saturated carbocycles. The van der Waals surface area contributed by atoms with Crippen molar-refractivity contribution in [2.45, 2.75) is 31.3 Å². The number of ether oxygens (including phenoxy) is 1. The van der Waals surface area contributed by atoms with Crippen molar-refractivity contribution in [1.82, 2.24) is 5.32 Å². The Morgan fingerprint density at radius 2 is 1.32 bits per heavy atom. The molecule has 0 radical (unpaired) electrons. The second-order valence-electron chi connectivity index (χ2n) is 12.9. The van der Waals surface area contributed by atoms with Gasteiger partial charge in [-0.25, -0.2) is 9.69 Å². The van der Waals surface area contributed by atoms with Gasteiger partial charge in [0.15, 0.2) is 0 Å². The number of amides is 4. The molecule has 1 N–H and O–H groups in total. The number of benzene rings is 5. The molecule has 0 aliphatic carbocycles. The van der Waals surface area contributed by atoms with Crippen LogP contribution in [0.4, 0.5) is 16.2 Å². The molecular formula is C42H34ClN3O4. The van der Waals surface area contributed by atoms with Gasteiger partial charge >= 0.3 is 6.03 Å². The number of barbiturate groups is 1. The summed E-state index contributed by atoms with van der Waals surface area (Å²) in [6.07, 6.45) is 3.32. The van der Waals surface area contributed by atoms with E-state index in [1.807, 2.05) is 72.8 Å². The summed E-state index contributed by atoms with van der Waals surface area (Å²) in [7, 11) is 0. The molecule has 3 heterocycles.